The van der Waals surface area contributed by atoms with Crippen LogP contribution >= 0.6 is 0 Å². The van der Waals surface area contributed by atoms with E-state index in [-0.39, 0.29) is 11.8 Å². The summed E-state index contributed by atoms with van der Waals surface area (Å²) < 4.78 is 0. The zero-order valence-corrected chi connectivity index (χ0v) is 11.8. The molecule has 2 heteroatoms. The number of aromatic amines is 1. The van der Waals surface area contributed by atoms with Crippen molar-refractivity contribution in [2.75, 3.05) is 0 Å². The quantitative estimate of drug-likeness (QED) is 0.739. The van der Waals surface area contributed by atoms with Crippen LogP contribution in [0.25, 0.3) is 10.9 Å². The van der Waals surface area contributed by atoms with Crippen molar-refractivity contribution in [2.24, 2.45) is 0 Å². The molecule has 0 saturated heterocycles. The summed E-state index contributed by atoms with van der Waals surface area (Å²) in [5.41, 5.74) is 3.58. The average Bonchev–Trinajstić information content (AvgIpc) is 3.11. The molecule has 104 valence electrons. The minimum Gasteiger partial charge on any atom is -0.361 e. The van der Waals surface area contributed by atoms with E-state index in [0.29, 0.717) is 12.2 Å². The van der Waals surface area contributed by atoms with Crippen molar-refractivity contribution in [3.05, 3.63) is 71.9 Å². The molecule has 0 unspecified atom stereocenters. The number of H-pyrrole nitrogens is 1. The van der Waals surface area contributed by atoms with Crippen molar-refractivity contribution in [3.63, 3.8) is 0 Å². The summed E-state index contributed by atoms with van der Waals surface area (Å²) in [7, 11) is 0. The number of carbonyl (C=O) groups is 1. The number of hydrogen-bond acceptors (Lipinski definition) is 1. The molecule has 2 atom stereocenters. The largest absolute Gasteiger partial charge is 0.361 e. The molecule has 1 fully saturated rings. The third kappa shape index (κ3) is 1.99. The van der Waals surface area contributed by atoms with Crippen LogP contribution in [0.2, 0.25) is 0 Å². The average molecular weight is 275 g/mol. The number of hydrogen-bond donors (Lipinski definition) is 1. The van der Waals surface area contributed by atoms with Gasteiger partial charge in [-0.25, -0.2) is 0 Å². The van der Waals surface area contributed by atoms with E-state index >= 15 is 0 Å². The molecule has 1 aliphatic rings. The Kier molecular flexibility index (Phi) is 2.88. The van der Waals surface area contributed by atoms with Gasteiger partial charge in [-0.05, 0) is 23.6 Å². The Bertz CT molecular complexity index is 787. The van der Waals surface area contributed by atoms with Crippen molar-refractivity contribution >= 4 is 16.7 Å². The van der Waals surface area contributed by atoms with Gasteiger partial charge in [-0.1, -0.05) is 48.5 Å². The van der Waals surface area contributed by atoms with Gasteiger partial charge in [0.25, 0.3) is 0 Å². The third-order valence-corrected chi connectivity index (χ3v) is 4.63. The molecule has 1 N–H and O–H groups in total. The van der Waals surface area contributed by atoms with Gasteiger partial charge in [-0.15, -0.1) is 0 Å². The first-order valence-corrected chi connectivity index (χ1v) is 7.48. The molecule has 0 spiro atoms. The van der Waals surface area contributed by atoms with Crippen molar-refractivity contribution in [3.8, 4) is 0 Å². The van der Waals surface area contributed by atoms with Gasteiger partial charge in [0.2, 0.25) is 0 Å². The Morgan fingerprint density at radius 3 is 2.57 bits per heavy atom. The van der Waals surface area contributed by atoms with E-state index < -0.39 is 0 Å². The SMILES string of the molecule is O=C1CC[C@H](c2c[nH]c3ccccc23)[C@H]1c1ccccc1. The van der Waals surface area contributed by atoms with Gasteiger partial charge < -0.3 is 4.98 Å². The number of Topliss-reactive ketones (excluding diaryl/α,β-unsaturated/α-hetero) is 1. The summed E-state index contributed by atoms with van der Waals surface area (Å²) >= 11 is 0. The Hall–Kier alpha value is -2.35. The highest BCUT2D eigenvalue weighted by atomic mass is 16.1. The van der Waals surface area contributed by atoms with E-state index in [0.717, 1.165) is 17.5 Å². The number of aromatic nitrogens is 1. The first kappa shape index (κ1) is 12.4. The van der Waals surface area contributed by atoms with Gasteiger partial charge >= 0.3 is 0 Å². The van der Waals surface area contributed by atoms with Crippen LogP contribution in [0.3, 0.4) is 0 Å². The van der Waals surface area contributed by atoms with Crippen LogP contribution in [0.15, 0.2) is 60.8 Å². The lowest BCUT2D eigenvalue weighted by atomic mass is 9.83. The molecule has 0 radical (unpaired) electrons. The molecular formula is C19H17NO. The van der Waals surface area contributed by atoms with Crippen molar-refractivity contribution < 1.29 is 4.79 Å². The summed E-state index contributed by atoms with van der Waals surface area (Å²) in [6.45, 7) is 0. The normalized spacial score (nSPS) is 22.0. The van der Waals surface area contributed by atoms with Crippen LogP contribution < -0.4 is 0 Å². The predicted octanol–water partition coefficient (Wildman–Crippen LogP) is 4.40. The smallest absolute Gasteiger partial charge is 0.140 e. The fourth-order valence-corrected chi connectivity index (χ4v) is 3.66. The minimum absolute atomic E-state index is 0.00501. The van der Waals surface area contributed by atoms with E-state index in [4.69, 9.17) is 0 Å². The molecule has 1 heterocycles. The van der Waals surface area contributed by atoms with Gasteiger partial charge in [0, 0.05) is 35.4 Å². The molecule has 0 bridgehead atoms. The van der Waals surface area contributed by atoms with Crippen molar-refractivity contribution in [2.45, 2.75) is 24.7 Å². The number of carbonyl (C=O) groups excluding carboxylic acids is 1. The fourth-order valence-electron chi connectivity index (χ4n) is 3.66. The maximum Gasteiger partial charge on any atom is 0.140 e. The maximum absolute atomic E-state index is 12.4. The molecule has 1 aliphatic carbocycles. The van der Waals surface area contributed by atoms with Gasteiger partial charge in [-0.3, -0.25) is 4.79 Å². The third-order valence-electron chi connectivity index (χ3n) is 4.63. The lowest BCUT2D eigenvalue weighted by Gasteiger charge is -2.18. The molecule has 0 amide bonds. The van der Waals surface area contributed by atoms with Crippen LogP contribution in [-0.4, -0.2) is 10.8 Å². The summed E-state index contributed by atoms with van der Waals surface area (Å²) in [5, 5.41) is 1.25. The summed E-state index contributed by atoms with van der Waals surface area (Å²) in [4.78, 5) is 15.7. The summed E-state index contributed by atoms with van der Waals surface area (Å²) in [5.74, 6) is 0.665. The zero-order chi connectivity index (χ0) is 14.2. The molecule has 21 heavy (non-hydrogen) atoms. The van der Waals surface area contributed by atoms with Crippen LogP contribution in [0.1, 0.15) is 35.8 Å². The summed E-state index contributed by atoms with van der Waals surface area (Å²) in [6, 6.07) is 18.5. The molecule has 1 aromatic heterocycles. The van der Waals surface area contributed by atoms with Gasteiger partial charge in [0.15, 0.2) is 0 Å². The number of nitrogens with one attached hydrogen (secondary N) is 1. The number of ketones is 1. The second-order valence-corrected chi connectivity index (χ2v) is 5.79. The van der Waals surface area contributed by atoms with E-state index in [2.05, 4.69) is 41.5 Å². The van der Waals surface area contributed by atoms with Crippen LogP contribution in [0.4, 0.5) is 0 Å². The van der Waals surface area contributed by atoms with E-state index in [9.17, 15) is 4.79 Å². The monoisotopic (exact) mass is 275 g/mol. The molecular weight excluding hydrogens is 258 g/mol. The Morgan fingerprint density at radius 1 is 0.952 bits per heavy atom. The van der Waals surface area contributed by atoms with Crippen LogP contribution in [-0.2, 0) is 4.79 Å². The standard InChI is InChI=1S/C19H17NO/c21-18-11-10-15(19(18)13-6-2-1-3-7-13)16-12-20-17-9-5-4-8-14(16)17/h1-9,12,15,19-20H,10-11H2/t15-,19-/m1/s1. The molecule has 2 nitrogen and oxygen atoms in total. The molecule has 3 aromatic rings. The van der Waals surface area contributed by atoms with Gasteiger partial charge in [0.05, 0.1) is 0 Å². The Labute approximate surface area is 123 Å². The van der Waals surface area contributed by atoms with Crippen molar-refractivity contribution in [1.29, 1.82) is 0 Å². The highest BCUT2D eigenvalue weighted by molar-refractivity contribution is 5.92. The first-order valence-electron chi connectivity index (χ1n) is 7.48. The molecule has 1 saturated carbocycles. The Balaban J connectivity index is 1.82. The molecule has 4 rings (SSSR count). The number of rotatable bonds is 2. The lowest BCUT2D eigenvalue weighted by Crippen LogP contribution is -2.11. The highest BCUT2D eigenvalue weighted by Crippen LogP contribution is 2.45. The number of benzene rings is 2. The van der Waals surface area contributed by atoms with E-state index in [1.54, 1.807) is 0 Å². The predicted molar refractivity (Wildman–Crippen MR) is 84.5 cm³/mol. The fraction of sp³-hybridized carbons (Fsp3) is 0.211. The molecule has 0 aliphatic heterocycles. The number of para-hydroxylation sites is 1. The highest BCUT2D eigenvalue weighted by Gasteiger charge is 2.37. The first-order chi connectivity index (χ1) is 10.3. The van der Waals surface area contributed by atoms with E-state index in [1.807, 2.05) is 24.3 Å². The van der Waals surface area contributed by atoms with Gasteiger partial charge in [-0.2, -0.15) is 0 Å². The zero-order valence-electron chi connectivity index (χ0n) is 11.8. The second-order valence-electron chi connectivity index (χ2n) is 5.79. The van der Waals surface area contributed by atoms with E-state index in [1.165, 1.54) is 10.9 Å². The lowest BCUT2D eigenvalue weighted by molar-refractivity contribution is -0.118. The van der Waals surface area contributed by atoms with Crippen LogP contribution in [0, 0.1) is 0 Å². The van der Waals surface area contributed by atoms with Gasteiger partial charge in [0.1, 0.15) is 5.78 Å². The topological polar surface area (TPSA) is 32.9 Å². The minimum atomic E-state index is 0.00501. The summed E-state index contributed by atoms with van der Waals surface area (Å²) in [6.07, 6.45) is 3.72. The molecule has 2 aromatic carbocycles. The maximum atomic E-state index is 12.4. The number of fused-ring (bicyclic) bond motifs is 1. The van der Waals surface area contributed by atoms with Crippen LogP contribution in [0.5, 0.6) is 0 Å². The Morgan fingerprint density at radius 2 is 1.71 bits per heavy atom. The second kappa shape index (κ2) is 4.88. The van der Waals surface area contributed by atoms with Crippen molar-refractivity contribution in [1.82, 2.24) is 4.98 Å².